The number of aryl methyl sites for hydroxylation is 1. The van der Waals surface area contributed by atoms with E-state index >= 15 is 0 Å². The summed E-state index contributed by atoms with van der Waals surface area (Å²) in [6.45, 7) is 1.64. The van der Waals surface area contributed by atoms with E-state index in [0.717, 1.165) is 12.8 Å². The Bertz CT molecular complexity index is 563. The van der Waals surface area contributed by atoms with E-state index in [1.807, 2.05) is 0 Å². The van der Waals surface area contributed by atoms with Gasteiger partial charge in [-0.3, -0.25) is 14.9 Å². The molecule has 1 saturated carbocycles. The lowest BCUT2D eigenvalue weighted by atomic mass is 9.90. The number of amides is 1. The maximum absolute atomic E-state index is 11.9. The molecule has 1 aromatic rings. The van der Waals surface area contributed by atoms with Gasteiger partial charge in [0, 0.05) is 23.4 Å². The van der Waals surface area contributed by atoms with Crippen LogP contribution in [0.1, 0.15) is 48.0 Å². The molecular formula is C15H19N3O3. The Morgan fingerprint density at radius 1 is 1.38 bits per heavy atom. The van der Waals surface area contributed by atoms with Gasteiger partial charge in [0.15, 0.2) is 0 Å². The van der Waals surface area contributed by atoms with Crippen molar-refractivity contribution in [3.05, 3.63) is 39.4 Å². The molecule has 0 unspecified atom stereocenters. The number of nitro groups is 1. The average molecular weight is 289 g/mol. The first-order valence-corrected chi connectivity index (χ1v) is 7.16. The minimum absolute atomic E-state index is 0.0566. The number of hydrogen-bond acceptors (Lipinski definition) is 4. The number of benzene rings is 1. The number of hydrogen-bond donors (Lipinski definition) is 1. The summed E-state index contributed by atoms with van der Waals surface area (Å²) in [6, 6.07) is 4.41. The number of hydrazone groups is 1. The Balaban J connectivity index is 1.98. The Labute approximate surface area is 123 Å². The normalized spacial score (nSPS) is 16.0. The van der Waals surface area contributed by atoms with E-state index in [4.69, 9.17) is 0 Å². The van der Waals surface area contributed by atoms with Crippen molar-refractivity contribution in [3.63, 3.8) is 0 Å². The lowest BCUT2D eigenvalue weighted by Gasteiger charge is -2.16. The van der Waals surface area contributed by atoms with Crippen molar-refractivity contribution in [2.75, 3.05) is 0 Å². The van der Waals surface area contributed by atoms with Crippen LogP contribution in [0.5, 0.6) is 0 Å². The Hall–Kier alpha value is -2.24. The van der Waals surface area contributed by atoms with E-state index < -0.39 is 10.8 Å². The molecule has 0 bridgehead atoms. The van der Waals surface area contributed by atoms with Crippen LogP contribution in [-0.4, -0.2) is 17.0 Å². The molecule has 1 N–H and O–H groups in total. The maximum Gasteiger partial charge on any atom is 0.273 e. The zero-order chi connectivity index (χ0) is 15.2. The van der Waals surface area contributed by atoms with Gasteiger partial charge in [-0.15, -0.1) is 0 Å². The van der Waals surface area contributed by atoms with E-state index in [9.17, 15) is 14.9 Å². The minimum Gasteiger partial charge on any atom is -0.267 e. The van der Waals surface area contributed by atoms with Crippen LogP contribution in [-0.2, 0) is 0 Å². The van der Waals surface area contributed by atoms with E-state index in [2.05, 4.69) is 10.5 Å². The molecule has 0 atom stereocenters. The quantitative estimate of drug-likeness (QED) is 0.524. The molecule has 1 aromatic carbocycles. The highest BCUT2D eigenvalue weighted by Gasteiger charge is 2.15. The summed E-state index contributed by atoms with van der Waals surface area (Å²) in [6.07, 6.45) is 7.66. The van der Waals surface area contributed by atoms with Crippen molar-refractivity contribution in [1.82, 2.24) is 5.43 Å². The van der Waals surface area contributed by atoms with Crippen LogP contribution in [0.2, 0.25) is 0 Å². The van der Waals surface area contributed by atoms with Crippen molar-refractivity contribution in [2.45, 2.75) is 39.0 Å². The minimum atomic E-state index is -0.489. The second-order valence-corrected chi connectivity index (χ2v) is 5.38. The molecule has 0 saturated heterocycles. The fourth-order valence-electron chi connectivity index (χ4n) is 2.50. The Kier molecular flexibility index (Phi) is 5.03. The number of carbonyl (C=O) groups excluding carboxylic acids is 1. The largest absolute Gasteiger partial charge is 0.273 e. The molecule has 2 rings (SSSR count). The van der Waals surface area contributed by atoms with Gasteiger partial charge in [-0.2, -0.15) is 5.10 Å². The third-order valence-electron chi connectivity index (χ3n) is 3.77. The fraction of sp³-hybridized carbons (Fsp3) is 0.467. The highest BCUT2D eigenvalue weighted by Crippen LogP contribution is 2.22. The third-order valence-corrected chi connectivity index (χ3v) is 3.77. The molecule has 0 heterocycles. The summed E-state index contributed by atoms with van der Waals surface area (Å²) in [5.41, 5.74) is 3.16. The molecule has 0 aromatic heterocycles. The second-order valence-electron chi connectivity index (χ2n) is 5.38. The van der Waals surface area contributed by atoms with E-state index in [1.165, 1.54) is 25.3 Å². The molecule has 21 heavy (non-hydrogen) atoms. The molecule has 1 aliphatic rings. The van der Waals surface area contributed by atoms with E-state index in [1.54, 1.807) is 25.3 Å². The van der Waals surface area contributed by atoms with E-state index in [0.29, 0.717) is 11.5 Å². The van der Waals surface area contributed by atoms with Gasteiger partial charge >= 0.3 is 0 Å². The molecule has 1 fully saturated rings. The molecule has 6 nitrogen and oxygen atoms in total. The van der Waals surface area contributed by atoms with Crippen molar-refractivity contribution in [3.8, 4) is 0 Å². The zero-order valence-corrected chi connectivity index (χ0v) is 12.0. The Morgan fingerprint density at radius 2 is 2.10 bits per heavy atom. The number of rotatable bonds is 4. The predicted molar refractivity (Wildman–Crippen MR) is 80.4 cm³/mol. The Morgan fingerprint density at radius 3 is 2.76 bits per heavy atom. The summed E-state index contributed by atoms with van der Waals surface area (Å²) in [7, 11) is 0. The highest BCUT2D eigenvalue weighted by atomic mass is 16.6. The van der Waals surface area contributed by atoms with Gasteiger partial charge in [-0.05, 0) is 31.7 Å². The van der Waals surface area contributed by atoms with Gasteiger partial charge in [-0.1, -0.05) is 25.3 Å². The molecule has 0 aliphatic heterocycles. The van der Waals surface area contributed by atoms with Crippen molar-refractivity contribution in [1.29, 1.82) is 0 Å². The van der Waals surface area contributed by atoms with Gasteiger partial charge in [0.2, 0.25) is 0 Å². The zero-order valence-electron chi connectivity index (χ0n) is 12.0. The van der Waals surface area contributed by atoms with Gasteiger partial charge in [0.05, 0.1) is 4.92 Å². The first-order valence-electron chi connectivity index (χ1n) is 7.16. The van der Waals surface area contributed by atoms with Crippen LogP contribution >= 0.6 is 0 Å². The highest BCUT2D eigenvalue weighted by molar-refractivity contribution is 5.95. The molecule has 112 valence electrons. The molecule has 6 heteroatoms. The number of nitrogens with one attached hydrogen (secondary N) is 1. The fourth-order valence-corrected chi connectivity index (χ4v) is 2.50. The smallest absolute Gasteiger partial charge is 0.267 e. The summed E-state index contributed by atoms with van der Waals surface area (Å²) in [5.74, 6) is -0.00318. The van der Waals surface area contributed by atoms with Gasteiger partial charge < -0.3 is 0 Å². The first-order chi connectivity index (χ1) is 10.1. The van der Waals surface area contributed by atoms with Crippen LogP contribution in [0.3, 0.4) is 0 Å². The van der Waals surface area contributed by atoms with Gasteiger partial charge in [0.1, 0.15) is 0 Å². The van der Waals surface area contributed by atoms with Crippen LogP contribution in [0.4, 0.5) is 5.69 Å². The van der Waals surface area contributed by atoms with Crippen LogP contribution in [0, 0.1) is 23.0 Å². The molecule has 0 radical (unpaired) electrons. The molecule has 0 spiro atoms. The van der Waals surface area contributed by atoms with Gasteiger partial charge in [-0.25, -0.2) is 5.43 Å². The summed E-state index contributed by atoms with van der Waals surface area (Å²) >= 11 is 0. The average Bonchev–Trinajstić information content (AvgIpc) is 2.48. The summed E-state index contributed by atoms with van der Waals surface area (Å²) in [5, 5.41) is 14.8. The van der Waals surface area contributed by atoms with E-state index in [-0.39, 0.29) is 11.3 Å². The second kappa shape index (κ2) is 6.97. The van der Waals surface area contributed by atoms with Gasteiger partial charge in [0.25, 0.3) is 11.6 Å². The summed E-state index contributed by atoms with van der Waals surface area (Å²) < 4.78 is 0. The third kappa shape index (κ3) is 4.11. The first kappa shape index (κ1) is 15.2. The lowest BCUT2D eigenvalue weighted by Crippen LogP contribution is -2.19. The number of carbonyl (C=O) groups is 1. The molecule has 1 amide bonds. The van der Waals surface area contributed by atoms with Crippen LogP contribution in [0.25, 0.3) is 0 Å². The topological polar surface area (TPSA) is 84.6 Å². The van der Waals surface area contributed by atoms with Crippen molar-refractivity contribution in [2.24, 2.45) is 11.0 Å². The monoisotopic (exact) mass is 289 g/mol. The molecule has 1 aliphatic carbocycles. The maximum atomic E-state index is 11.9. The van der Waals surface area contributed by atoms with Crippen molar-refractivity contribution >= 4 is 17.8 Å². The SMILES string of the molecule is Cc1ccc(C(=O)NN=CC2CCCCC2)cc1[N+](=O)[O-]. The number of nitrogens with zero attached hydrogens (tertiary/aromatic N) is 2. The lowest BCUT2D eigenvalue weighted by molar-refractivity contribution is -0.385. The summed E-state index contributed by atoms with van der Waals surface area (Å²) in [4.78, 5) is 22.3. The number of nitro benzene ring substituents is 1. The standard InChI is InChI=1S/C15H19N3O3/c1-11-7-8-13(9-14(11)18(20)21)15(19)17-16-10-12-5-3-2-4-6-12/h7-10,12H,2-6H2,1H3,(H,17,19). The van der Waals surface area contributed by atoms with Crippen LogP contribution < -0.4 is 5.43 Å². The molecular weight excluding hydrogens is 270 g/mol. The predicted octanol–water partition coefficient (Wildman–Crippen LogP) is 3.20. The van der Waals surface area contributed by atoms with Crippen molar-refractivity contribution < 1.29 is 9.72 Å². The van der Waals surface area contributed by atoms with Crippen LogP contribution in [0.15, 0.2) is 23.3 Å².